The predicted octanol–water partition coefficient (Wildman–Crippen LogP) is 3.75. The predicted molar refractivity (Wildman–Crippen MR) is 71.4 cm³/mol. The Morgan fingerprint density at radius 2 is 1.89 bits per heavy atom. The number of ketones is 1. The maximum absolute atomic E-state index is 12.6. The quantitative estimate of drug-likeness (QED) is 0.695. The zero-order valence-corrected chi connectivity index (χ0v) is 11.6. The van der Waals surface area contributed by atoms with Gasteiger partial charge in [-0.2, -0.15) is 0 Å². The molecule has 1 unspecified atom stereocenters. The van der Waals surface area contributed by atoms with Gasteiger partial charge >= 0.3 is 0 Å². The summed E-state index contributed by atoms with van der Waals surface area (Å²) in [7, 11) is 0. The Balaban J connectivity index is 2.21. The van der Waals surface area contributed by atoms with Crippen LogP contribution in [0.25, 0.3) is 0 Å². The number of Topliss-reactive ketones (excluding diaryl/α,β-unsaturated/α-hetero) is 1. The molecule has 2 nitrogen and oxygen atoms in total. The lowest BCUT2D eigenvalue weighted by Crippen LogP contribution is -2.54. The van der Waals surface area contributed by atoms with E-state index in [9.17, 15) is 4.79 Å². The van der Waals surface area contributed by atoms with Gasteiger partial charge in [0.1, 0.15) is 11.4 Å². The molecule has 3 rings (SSSR count). The van der Waals surface area contributed by atoms with E-state index in [2.05, 4.69) is 19.9 Å². The number of ether oxygens (including phenoxy) is 1. The van der Waals surface area contributed by atoms with Crippen LogP contribution >= 0.6 is 0 Å². The first kappa shape index (κ1) is 11.8. The van der Waals surface area contributed by atoms with Crippen LogP contribution in [-0.4, -0.2) is 11.4 Å². The van der Waals surface area contributed by atoms with E-state index in [1.807, 2.05) is 13.8 Å². The Bertz CT molecular complexity index is 539. The minimum absolute atomic E-state index is 0.000411. The summed E-state index contributed by atoms with van der Waals surface area (Å²) in [6.45, 7) is 8.18. The fourth-order valence-electron chi connectivity index (χ4n) is 3.29. The highest BCUT2D eigenvalue weighted by Crippen LogP contribution is 2.50. The summed E-state index contributed by atoms with van der Waals surface area (Å²) in [5, 5.41) is 0. The summed E-state index contributed by atoms with van der Waals surface area (Å²) in [6.07, 6.45) is 3.22. The second kappa shape index (κ2) is 3.59. The van der Waals surface area contributed by atoms with E-state index < -0.39 is 0 Å². The molecule has 1 fully saturated rings. The number of aryl methyl sites for hydroxylation is 2. The molecule has 0 saturated heterocycles. The van der Waals surface area contributed by atoms with Gasteiger partial charge in [0, 0.05) is 0 Å². The summed E-state index contributed by atoms with van der Waals surface area (Å²) in [4.78, 5) is 12.6. The van der Waals surface area contributed by atoms with Crippen molar-refractivity contribution in [3.63, 3.8) is 0 Å². The van der Waals surface area contributed by atoms with Crippen LogP contribution in [0.2, 0.25) is 0 Å². The van der Waals surface area contributed by atoms with Crippen LogP contribution in [0.15, 0.2) is 6.07 Å². The Hall–Kier alpha value is -1.31. The van der Waals surface area contributed by atoms with E-state index >= 15 is 0 Å². The molecule has 18 heavy (non-hydrogen) atoms. The number of carbonyl (C=O) groups is 1. The van der Waals surface area contributed by atoms with Crippen molar-refractivity contribution in [2.45, 2.75) is 52.6 Å². The molecule has 0 N–H and O–H groups in total. The van der Waals surface area contributed by atoms with Crippen molar-refractivity contribution in [1.82, 2.24) is 0 Å². The second-order valence-corrected chi connectivity index (χ2v) is 5.95. The number of fused-ring (bicyclic) bond motifs is 1. The van der Waals surface area contributed by atoms with Crippen LogP contribution in [0.1, 0.15) is 53.2 Å². The Labute approximate surface area is 108 Å². The van der Waals surface area contributed by atoms with Crippen LogP contribution in [0.4, 0.5) is 0 Å². The highest BCUT2D eigenvalue weighted by Gasteiger charge is 2.51. The number of rotatable bonds is 0. The van der Waals surface area contributed by atoms with Gasteiger partial charge in [0.05, 0.1) is 11.5 Å². The molecule has 1 saturated carbocycles. The van der Waals surface area contributed by atoms with E-state index in [1.54, 1.807) is 0 Å². The van der Waals surface area contributed by atoms with Crippen molar-refractivity contribution < 1.29 is 9.53 Å². The normalized spacial score (nSPS) is 24.4. The van der Waals surface area contributed by atoms with Crippen LogP contribution in [0, 0.1) is 26.7 Å². The molecule has 1 atom stereocenters. The molecule has 2 aliphatic rings. The molecule has 1 aromatic rings. The first-order valence-electron chi connectivity index (χ1n) is 6.80. The van der Waals surface area contributed by atoms with Crippen molar-refractivity contribution in [3.8, 4) is 5.75 Å². The van der Waals surface area contributed by atoms with Crippen LogP contribution < -0.4 is 4.74 Å². The molecule has 1 aromatic carbocycles. The Morgan fingerprint density at radius 1 is 1.22 bits per heavy atom. The van der Waals surface area contributed by atoms with Gasteiger partial charge < -0.3 is 4.74 Å². The number of benzene rings is 1. The molecular formula is C16H20O2. The zero-order chi connectivity index (χ0) is 13.1. The molecular weight excluding hydrogens is 224 g/mol. The summed E-state index contributed by atoms with van der Waals surface area (Å²) in [5.41, 5.74) is 4.02. The smallest absolute Gasteiger partial charge is 0.173 e. The fraction of sp³-hybridized carbons (Fsp3) is 0.562. The van der Waals surface area contributed by atoms with E-state index in [-0.39, 0.29) is 17.3 Å². The largest absolute Gasteiger partial charge is 0.485 e. The summed E-state index contributed by atoms with van der Waals surface area (Å²) in [5.74, 6) is 1.13. The number of carbonyl (C=O) groups excluding carboxylic acids is 1. The molecule has 1 spiro atoms. The molecule has 0 aromatic heterocycles. The average Bonchev–Trinajstić information content (AvgIpc) is 2.27. The minimum atomic E-state index is -0.199. The van der Waals surface area contributed by atoms with Crippen LogP contribution in [0.5, 0.6) is 5.75 Å². The third-order valence-corrected chi connectivity index (χ3v) is 4.92. The van der Waals surface area contributed by atoms with Crippen LogP contribution in [-0.2, 0) is 0 Å². The maximum atomic E-state index is 12.6. The molecule has 1 heterocycles. The molecule has 1 aliphatic heterocycles. The van der Waals surface area contributed by atoms with Gasteiger partial charge in [-0.05, 0) is 56.7 Å². The molecule has 0 bridgehead atoms. The first-order chi connectivity index (χ1) is 8.46. The molecule has 1 aliphatic carbocycles. The first-order valence-corrected chi connectivity index (χ1v) is 6.80. The standard InChI is InChI=1S/C16H20O2/c1-9-8-10(2)13-14(17)12(4)16(6-5-7-16)18-15(13)11(9)3/h8,12H,5-7H2,1-4H3. The van der Waals surface area contributed by atoms with E-state index in [1.165, 1.54) is 12.0 Å². The minimum Gasteiger partial charge on any atom is -0.485 e. The Morgan fingerprint density at radius 3 is 2.44 bits per heavy atom. The molecule has 0 radical (unpaired) electrons. The molecule has 0 amide bonds. The van der Waals surface area contributed by atoms with Crippen molar-refractivity contribution in [2.24, 2.45) is 5.92 Å². The highest BCUT2D eigenvalue weighted by atomic mass is 16.5. The SMILES string of the molecule is Cc1cc(C)c2c(c1C)OC1(CCC1)C(C)C2=O. The van der Waals surface area contributed by atoms with Crippen molar-refractivity contribution in [2.75, 3.05) is 0 Å². The summed E-state index contributed by atoms with van der Waals surface area (Å²) < 4.78 is 6.31. The maximum Gasteiger partial charge on any atom is 0.173 e. The van der Waals surface area contributed by atoms with Crippen molar-refractivity contribution in [1.29, 1.82) is 0 Å². The topological polar surface area (TPSA) is 26.3 Å². The van der Waals surface area contributed by atoms with E-state index in [4.69, 9.17) is 4.74 Å². The fourth-order valence-corrected chi connectivity index (χ4v) is 3.29. The Kier molecular flexibility index (Phi) is 2.35. The average molecular weight is 244 g/mol. The monoisotopic (exact) mass is 244 g/mol. The van der Waals surface area contributed by atoms with Gasteiger partial charge in [-0.1, -0.05) is 13.0 Å². The zero-order valence-electron chi connectivity index (χ0n) is 11.6. The van der Waals surface area contributed by atoms with Gasteiger partial charge in [-0.15, -0.1) is 0 Å². The lowest BCUT2D eigenvalue weighted by molar-refractivity contribution is -0.0518. The van der Waals surface area contributed by atoms with Gasteiger partial charge in [-0.3, -0.25) is 4.79 Å². The van der Waals surface area contributed by atoms with Gasteiger partial charge in [-0.25, -0.2) is 0 Å². The summed E-state index contributed by atoms with van der Waals surface area (Å²) in [6, 6.07) is 2.10. The molecule has 96 valence electrons. The van der Waals surface area contributed by atoms with Gasteiger partial charge in [0.25, 0.3) is 0 Å². The molecule has 2 heteroatoms. The third kappa shape index (κ3) is 1.32. The second-order valence-electron chi connectivity index (χ2n) is 5.95. The van der Waals surface area contributed by atoms with Crippen molar-refractivity contribution >= 4 is 5.78 Å². The van der Waals surface area contributed by atoms with Crippen molar-refractivity contribution in [3.05, 3.63) is 28.3 Å². The van der Waals surface area contributed by atoms with E-state index in [0.717, 1.165) is 35.3 Å². The van der Waals surface area contributed by atoms with Crippen LogP contribution in [0.3, 0.4) is 0 Å². The van der Waals surface area contributed by atoms with Gasteiger partial charge in [0.2, 0.25) is 0 Å². The lowest BCUT2D eigenvalue weighted by Gasteiger charge is -2.49. The van der Waals surface area contributed by atoms with Gasteiger partial charge in [0.15, 0.2) is 5.78 Å². The highest BCUT2D eigenvalue weighted by molar-refractivity contribution is 6.03. The number of hydrogen-bond donors (Lipinski definition) is 0. The van der Waals surface area contributed by atoms with E-state index in [0.29, 0.717) is 0 Å². The third-order valence-electron chi connectivity index (χ3n) is 4.92. The summed E-state index contributed by atoms with van der Waals surface area (Å²) >= 11 is 0. The number of hydrogen-bond acceptors (Lipinski definition) is 2. The lowest BCUT2D eigenvalue weighted by atomic mass is 9.67.